The lowest BCUT2D eigenvalue weighted by molar-refractivity contribution is 0.0601. The van der Waals surface area contributed by atoms with Crippen molar-refractivity contribution in [3.8, 4) is 0 Å². The monoisotopic (exact) mass is 334 g/mol. The van der Waals surface area contributed by atoms with Crippen LogP contribution in [0.4, 0.5) is 5.69 Å². The number of nitrogens with one attached hydrogen (secondary N) is 1. The zero-order valence-electron chi connectivity index (χ0n) is 13.1. The number of methoxy groups -OCH3 is 1. The molecule has 0 aliphatic rings. The van der Waals surface area contributed by atoms with E-state index in [9.17, 15) is 13.2 Å². The minimum Gasteiger partial charge on any atom is -0.465 e. The number of benzene rings is 1. The predicted molar refractivity (Wildman–Crippen MR) is 86.9 cm³/mol. The van der Waals surface area contributed by atoms with Gasteiger partial charge in [0.15, 0.2) is 0 Å². The van der Waals surface area contributed by atoms with Crippen LogP contribution in [0.5, 0.6) is 0 Å². The van der Waals surface area contributed by atoms with Gasteiger partial charge in [0.2, 0.25) is 0 Å². The summed E-state index contributed by atoms with van der Waals surface area (Å²) in [5, 5.41) is 0. The molecule has 23 heavy (non-hydrogen) atoms. The largest absolute Gasteiger partial charge is 0.465 e. The van der Waals surface area contributed by atoms with Crippen molar-refractivity contribution in [2.75, 3.05) is 11.8 Å². The number of nitrogens with zero attached hydrogens (tertiary/aromatic N) is 1. The zero-order valence-corrected chi connectivity index (χ0v) is 13.9. The van der Waals surface area contributed by atoms with E-state index in [-0.39, 0.29) is 22.1 Å². The van der Waals surface area contributed by atoms with Crippen LogP contribution >= 0.6 is 0 Å². The summed E-state index contributed by atoms with van der Waals surface area (Å²) in [4.78, 5) is 15.7. The summed E-state index contributed by atoms with van der Waals surface area (Å²) in [7, 11) is -2.60. The Labute approximate surface area is 135 Å². The summed E-state index contributed by atoms with van der Waals surface area (Å²) < 4.78 is 32.2. The smallest absolute Gasteiger partial charge is 0.341 e. The number of hydrogen-bond acceptors (Lipinski definition) is 5. The van der Waals surface area contributed by atoms with Crippen molar-refractivity contribution in [1.29, 1.82) is 0 Å². The van der Waals surface area contributed by atoms with E-state index in [1.54, 1.807) is 12.1 Å². The van der Waals surface area contributed by atoms with Crippen LogP contribution in [0.25, 0.3) is 0 Å². The minimum absolute atomic E-state index is 0.0542. The van der Waals surface area contributed by atoms with Crippen molar-refractivity contribution < 1.29 is 17.9 Å². The van der Waals surface area contributed by atoms with Gasteiger partial charge in [-0.2, -0.15) is 0 Å². The van der Waals surface area contributed by atoms with Crippen LogP contribution in [0.15, 0.2) is 47.6 Å². The molecule has 2 aromatic rings. The second kappa shape index (κ2) is 6.78. The van der Waals surface area contributed by atoms with Gasteiger partial charge in [0.25, 0.3) is 10.0 Å². The third-order valence-corrected chi connectivity index (χ3v) is 4.67. The Morgan fingerprint density at radius 1 is 1.26 bits per heavy atom. The highest BCUT2D eigenvalue weighted by Gasteiger charge is 2.19. The SMILES string of the molecule is COC(=O)c1cnccc1NS(=O)(=O)c1cccc(C(C)C)c1. The van der Waals surface area contributed by atoms with Crippen molar-refractivity contribution >= 4 is 21.7 Å². The molecule has 0 aliphatic carbocycles. The van der Waals surface area contributed by atoms with Gasteiger partial charge in [-0.25, -0.2) is 13.2 Å². The zero-order chi connectivity index (χ0) is 17.0. The molecule has 0 saturated carbocycles. The average Bonchev–Trinajstić information content (AvgIpc) is 2.54. The molecule has 1 aromatic carbocycles. The van der Waals surface area contributed by atoms with E-state index < -0.39 is 16.0 Å². The van der Waals surface area contributed by atoms with Crippen molar-refractivity contribution in [2.45, 2.75) is 24.7 Å². The Kier molecular flexibility index (Phi) is 5.00. The van der Waals surface area contributed by atoms with Gasteiger partial charge < -0.3 is 4.74 Å². The lowest BCUT2D eigenvalue weighted by Gasteiger charge is -2.12. The first-order valence-electron chi connectivity index (χ1n) is 7.00. The molecule has 0 atom stereocenters. The molecule has 0 unspecified atom stereocenters. The van der Waals surface area contributed by atoms with Crippen molar-refractivity contribution in [1.82, 2.24) is 4.98 Å². The molecule has 0 spiro atoms. The number of anilines is 1. The Morgan fingerprint density at radius 2 is 2.00 bits per heavy atom. The van der Waals surface area contributed by atoms with Gasteiger partial charge in [0.1, 0.15) is 5.56 Å². The van der Waals surface area contributed by atoms with Gasteiger partial charge in [-0.05, 0) is 29.7 Å². The first-order valence-corrected chi connectivity index (χ1v) is 8.48. The highest BCUT2D eigenvalue weighted by molar-refractivity contribution is 7.92. The summed E-state index contributed by atoms with van der Waals surface area (Å²) in [6.07, 6.45) is 2.66. The summed E-state index contributed by atoms with van der Waals surface area (Å²) in [5.41, 5.74) is 1.09. The van der Waals surface area contributed by atoms with Crippen LogP contribution in [0.1, 0.15) is 35.7 Å². The number of rotatable bonds is 5. The van der Waals surface area contributed by atoms with Crippen LogP contribution in [-0.4, -0.2) is 26.5 Å². The number of sulfonamides is 1. The first-order chi connectivity index (χ1) is 10.8. The maximum Gasteiger partial charge on any atom is 0.341 e. The highest BCUT2D eigenvalue weighted by atomic mass is 32.2. The topological polar surface area (TPSA) is 85.4 Å². The van der Waals surface area contributed by atoms with E-state index in [0.29, 0.717) is 0 Å². The second-order valence-corrected chi connectivity index (χ2v) is 6.93. The van der Waals surface area contributed by atoms with Crippen molar-refractivity contribution in [3.05, 3.63) is 53.9 Å². The maximum atomic E-state index is 12.6. The van der Waals surface area contributed by atoms with Crippen LogP contribution in [0, 0.1) is 0 Å². The van der Waals surface area contributed by atoms with Gasteiger partial charge in [-0.15, -0.1) is 0 Å². The molecule has 0 saturated heterocycles. The quantitative estimate of drug-likeness (QED) is 0.850. The minimum atomic E-state index is -3.82. The van der Waals surface area contributed by atoms with Gasteiger partial charge in [-0.1, -0.05) is 26.0 Å². The summed E-state index contributed by atoms with van der Waals surface area (Å²) in [6, 6.07) is 8.10. The molecule has 1 aromatic heterocycles. The van der Waals surface area contributed by atoms with Gasteiger partial charge in [0.05, 0.1) is 17.7 Å². The van der Waals surface area contributed by atoms with E-state index in [1.165, 1.54) is 31.6 Å². The van der Waals surface area contributed by atoms with Gasteiger partial charge >= 0.3 is 5.97 Å². The van der Waals surface area contributed by atoms with E-state index in [4.69, 9.17) is 0 Å². The predicted octanol–water partition coefficient (Wildman–Crippen LogP) is 2.79. The fourth-order valence-corrected chi connectivity index (χ4v) is 3.13. The van der Waals surface area contributed by atoms with Crippen molar-refractivity contribution in [3.63, 3.8) is 0 Å². The van der Waals surface area contributed by atoms with E-state index in [2.05, 4.69) is 14.4 Å². The Balaban J connectivity index is 2.40. The highest BCUT2D eigenvalue weighted by Crippen LogP contribution is 2.22. The lowest BCUT2D eigenvalue weighted by Crippen LogP contribution is -2.16. The molecule has 0 fully saturated rings. The number of ether oxygens (including phenoxy) is 1. The van der Waals surface area contributed by atoms with E-state index in [1.807, 2.05) is 19.9 Å². The molecule has 7 heteroatoms. The van der Waals surface area contributed by atoms with Gasteiger partial charge in [-0.3, -0.25) is 9.71 Å². The Bertz CT molecular complexity index is 816. The van der Waals surface area contributed by atoms with Crippen LogP contribution in [0.2, 0.25) is 0 Å². The van der Waals surface area contributed by atoms with Crippen LogP contribution in [0.3, 0.4) is 0 Å². The van der Waals surface area contributed by atoms with Crippen LogP contribution < -0.4 is 4.72 Å². The molecule has 0 bridgehead atoms. The molecule has 0 aliphatic heterocycles. The fraction of sp³-hybridized carbons (Fsp3) is 0.250. The molecular weight excluding hydrogens is 316 g/mol. The maximum absolute atomic E-state index is 12.6. The number of pyridine rings is 1. The third kappa shape index (κ3) is 3.87. The molecule has 6 nitrogen and oxygen atoms in total. The fourth-order valence-electron chi connectivity index (χ4n) is 2.00. The molecule has 1 heterocycles. The number of aromatic nitrogens is 1. The Hall–Kier alpha value is -2.41. The number of esters is 1. The summed E-state index contributed by atoms with van der Waals surface area (Å²) in [6.45, 7) is 3.97. The third-order valence-electron chi connectivity index (χ3n) is 3.31. The van der Waals surface area contributed by atoms with Gasteiger partial charge in [0, 0.05) is 12.4 Å². The average molecular weight is 334 g/mol. The Morgan fingerprint density at radius 3 is 2.65 bits per heavy atom. The first kappa shape index (κ1) is 17.0. The normalized spacial score (nSPS) is 11.3. The van der Waals surface area contributed by atoms with E-state index >= 15 is 0 Å². The standard InChI is InChI=1S/C16H18N2O4S/c1-11(2)12-5-4-6-13(9-12)23(20,21)18-15-7-8-17-10-14(15)16(19)22-3/h4-11H,1-3H3,(H,17,18). The number of hydrogen-bond donors (Lipinski definition) is 1. The van der Waals surface area contributed by atoms with Crippen LogP contribution in [-0.2, 0) is 14.8 Å². The van der Waals surface area contributed by atoms with Crippen molar-refractivity contribution in [2.24, 2.45) is 0 Å². The lowest BCUT2D eigenvalue weighted by atomic mass is 10.0. The molecule has 1 N–H and O–H groups in total. The molecule has 2 rings (SSSR count). The number of carbonyl (C=O) groups excluding carboxylic acids is 1. The number of carbonyl (C=O) groups is 1. The molecule has 0 amide bonds. The summed E-state index contributed by atoms with van der Waals surface area (Å²) >= 11 is 0. The second-order valence-electron chi connectivity index (χ2n) is 5.25. The summed E-state index contributed by atoms with van der Waals surface area (Å²) in [5.74, 6) is -0.455. The molecule has 0 radical (unpaired) electrons. The molecule has 122 valence electrons. The molecular formula is C16H18N2O4S. The van der Waals surface area contributed by atoms with E-state index in [0.717, 1.165) is 5.56 Å².